The molecule has 6 nitrogen and oxygen atoms in total. The van der Waals surface area contributed by atoms with E-state index in [0.29, 0.717) is 18.4 Å². The van der Waals surface area contributed by atoms with Crippen LogP contribution in [-0.4, -0.2) is 36.2 Å². The first-order valence-corrected chi connectivity index (χ1v) is 6.05. The summed E-state index contributed by atoms with van der Waals surface area (Å²) in [6.07, 6.45) is 0. The Morgan fingerprint density at radius 2 is 2.10 bits per heavy atom. The Labute approximate surface area is 116 Å². The van der Waals surface area contributed by atoms with Crippen molar-refractivity contribution in [3.63, 3.8) is 0 Å². The van der Waals surface area contributed by atoms with E-state index in [0.717, 1.165) is 5.56 Å². The van der Waals surface area contributed by atoms with Crippen LogP contribution in [0.25, 0.3) is 0 Å². The number of methoxy groups -OCH3 is 1. The molecule has 106 valence electrons. The van der Waals surface area contributed by atoms with Crippen molar-refractivity contribution in [3.8, 4) is 6.01 Å². The molecule has 0 atom stereocenters. The monoisotopic (exact) mass is 277 g/mol. The average molecular weight is 277 g/mol. The van der Waals surface area contributed by atoms with Gasteiger partial charge in [-0.25, -0.2) is 4.39 Å². The fourth-order valence-corrected chi connectivity index (χ4v) is 1.70. The van der Waals surface area contributed by atoms with Crippen molar-refractivity contribution in [2.24, 2.45) is 0 Å². The minimum absolute atomic E-state index is 0.227. The Morgan fingerprint density at radius 1 is 1.30 bits per heavy atom. The van der Waals surface area contributed by atoms with E-state index in [1.165, 1.54) is 19.2 Å². The minimum Gasteiger partial charge on any atom is -0.467 e. The molecule has 0 fully saturated rings. The molecular formula is C13H16FN5O. The van der Waals surface area contributed by atoms with Crippen LogP contribution in [0.5, 0.6) is 6.01 Å². The van der Waals surface area contributed by atoms with Crippen molar-refractivity contribution >= 4 is 11.9 Å². The lowest BCUT2D eigenvalue weighted by molar-refractivity contribution is 0.379. The number of hydrogen-bond donors (Lipinski definition) is 1. The van der Waals surface area contributed by atoms with Gasteiger partial charge in [0.1, 0.15) is 5.82 Å². The predicted octanol–water partition coefficient (Wildman–Crippen LogP) is 1.70. The number of anilines is 2. The number of hydrogen-bond acceptors (Lipinski definition) is 6. The van der Waals surface area contributed by atoms with Crippen molar-refractivity contribution < 1.29 is 9.13 Å². The number of nitrogens with zero attached hydrogens (tertiary/aromatic N) is 4. The molecule has 1 aromatic heterocycles. The zero-order chi connectivity index (χ0) is 14.5. The molecule has 0 spiro atoms. The molecule has 0 aliphatic heterocycles. The van der Waals surface area contributed by atoms with Crippen LogP contribution >= 0.6 is 0 Å². The lowest BCUT2D eigenvalue weighted by Gasteiger charge is -2.17. The van der Waals surface area contributed by atoms with Gasteiger partial charge in [0.05, 0.1) is 7.11 Å². The third-order valence-electron chi connectivity index (χ3n) is 2.66. The van der Waals surface area contributed by atoms with Crippen LogP contribution in [0.15, 0.2) is 24.3 Å². The third-order valence-corrected chi connectivity index (χ3v) is 2.66. The highest BCUT2D eigenvalue weighted by atomic mass is 19.1. The smallest absolute Gasteiger partial charge is 0.322 e. The van der Waals surface area contributed by atoms with Crippen LogP contribution in [0, 0.1) is 5.82 Å². The zero-order valence-electron chi connectivity index (χ0n) is 11.6. The summed E-state index contributed by atoms with van der Waals surface area (Å²) in [4.78, 5) is 14.2. The molecule has 1 N–H and O–H groups in total. The molecule has 0 saturated carbocycles. The maximum atomic E-state index is 13.2. The summed E-state index contributed by atoms with van der Waals surface area (Å²) in [5, 5.41) is 2.84. The van der Waals surface area contributed by atoms with Crippen LogP contribution < -0.4 is 15.0 Å². The second kappa shape index (κ2) is 6.14. The first-order valence-electron chi connectivity index (χ1n) is 6.05. The Kier molecular flexibility index (Phi) is 4.29. The van der Waals surface area contributed by atoms with Gasteiger partial charge >= 0.3 is 6.01 Å². The van der Waals surface area contributed by atoms with E-state index in [2.05, 4.69) is 20.3 Å². The summed E-state index contributed by atoms with van der Waals surface area (Å²) in [6.45, 7) is 0.480. The molecule has 0 aliphatic rings. The van der Waals surface area contributed by atoms with E-state index in [4.69, 9.17) is 4.74 Å². The third kappa shape index (κ3) is 3.31. The largest absolute Gasteiger partial charge is 0.467 e. The molecule has 0 radical (unpaired) electrons. The molecule has 7 heteroatoms. The Balaban J connectivity index is 2.22. The van der Waals surface area contributed by atoms with E-state index >= 15 is 0 Å². The van der Waals surface area contributed by atoms with Gasteiger partial charge in [-0.3, -0.25) is 0 Å². The van der Waals surface area contributed by atoms with Gasteiger partial charge in [0, 0.05) is 20.6 Å². The number of halogens is 1. The van der Waals surface area contributed by atoms with Gasteiger partial charge in [-0.2, -0.15) is 15.0 Å². The van der Waals surface area contributed by atoms with E-state index in [-0.39, 0.29) is 11.8 Å². The van der Waals surface area contributed by atoms with Crippen molar-refractivity contribution in [1.82, 2.24) is 15.0 Å². The molecular weight excluding hydrogens is 261 g/mol. The summed E-state index contributed by atoms with van der Waals surface area (Å²) in [6, 6.07) is 6.63. The number of ether oxygens (including phenoxy) is 1. The van der Waals surface area contributed by atoms with Gasteiger partial charge in [0.25, 0.3) is 0 Å². The van der Waals surface area contributed by atoms with Crippen LogP contribution in [0.3, 0.4) is 0 Å². The number of nitrogens with one attached hydrogen (secondary N) is 1. The van der Waals surface area contributed by atoms with E-state index in [1.54, 1.807) is 18.0 Å². The minimum atomic E-state index is -0.264. The first kappa shape index (κ1) is 14.0. The topological polar surface area (TPSA) is 63.2 Å². The van der Waals surface area contributed by atoms with Gasteiger partial charge in [0.15, 0.2) is 0 Å². The summed E-state index contributed by atoms with van der Waals surface area (Å²) in [5.41, 5.74) is 0.831. The van der Waals surface area contributed by atoms with Gasteiger partial charge < -0.3 is 15.0 Å². The Morgan fingerprint density at radius 3 is 2.75 bits per heavy atom. The molecule has 1 aromatic carbocycles. The molecule has 0 amide bonds. The van der Waals surface area contributed by atoms with Gasteiger partial charge in [-0.15, -0.1) is 0 Å². The Hall–Kier alpha value is -2.44. The van der Waals surface area contributed by atoms with Gasteiger partial charge in [-0.1, -0.05) is 12.1 Å². The van der Waals surface area contributed by atoms with Crippen LogP contribution in [-0.2, 0) is 6.54 Å². The van der Waals surface area contributed by atoms with Crippen molar-refractivity contribution in [3.05, 3.63) is 35.6 Å². The number of benzene rings is 1. The molecule has 0 saturated heterocycles. The van der Waals surface area contributed by atoms with Crippen molar-refractivity contribution in [2.75, 3.05) is 31.4 Å². The van der Waals surface area contributed by atoms with E-state index in [9.17, 15) is 4.39 Å². The van der Waals surface area contributed by atoms with E-state index < -0.39 is 0 Å². The highest BCUT2D eigenvalue weighted by Crippen LogP contribution is 2.16. The summed E-state index contributed by atoms with van der Waals surface area (Å²) < 4.78 is 18.2. The number of aromatic nitrogens is 3. The van der Waals surface area contributed by atoms with Crippen LogP contribution in [0.2, 0.25) is 0 Å². The Bertz CT molecular complexity index is 570. The molecule has 20 heavy (non-hydrogen) atoms. The van der Waals surface area contributed by atoms with Crippen LogP contribution in [0.4, 0.5) is 16.3 Å². The highest BCUT2D eigenvalue weighted by molar-refractivity contribution is 5.38. The lowest BCUT2D eigenvalue weighted by Crippen LogP contribution is -2.20. The summed E-state index contributed by atoms with van der Waals surface area (Å²) >= 11 is 0. The molecule has 2 aromatic rings. The lowest BCUT2D eigenvalue weighted by atomic mass is 10.2. The first-order chi connectivity index (χ1) is 9.62. The summed E-state index contributed by atoms with van der Waals surface area (Å²) in [5.74, 6) is 0.600. The molecule has 0 bridgehead atoms. The summed E-state index contributed by atoms with van der Waals surface area (Å²) in [7, 11) is 5.02. The molecule has 1 heterocycles. The molecule has 2 rings (SSSR count). The fourth-order valence-electron chi connectivity index (χ4n) is 1.70. The second-order valence-electron chi connectivity index (χ2n) is 4.18. The van der Waals surface area contributed by atoms with Crippen molar-refractivity contribution in [2.45, 2.75) is 6.54 Å². The van der Waals surface area contributed by atoms with E-state index in [1.807, 2.05) is 13.1 Å². The number of rotatable bonds is 5. The van der Waals surface area contributed by atoms with Gasteiger partial charge in [-0.05, 0) is 17.7 Å². The van der Waals surface area contributed by atoms with Gasteiger partial charge in [0.2, 0.25) is 11.9 Å². The average Bonchev–Trinajstić information content (AvgIpc) is 2.46. The second-order valence-corrected chi connectivity index (χ2v) is 4.18. The SMILES string of the molecule is CNc1nc(OC)nc(N(C)Cc2cccc(F)c2)n1. The standard InChI is InChI=1S/C13H16FN5O/c1-15-11-16-12(18-13(17-11)20-3)19(2)8-9-5-4-6-10(14)7-9/h4-7H,8H2,1-3H3,(H,15,16,17,18). The van der Waals surface area contributed by atoms with Crippen LogP contribution in [0.1, 0.15) is 5.56 Å². The maximum Gasteiger partial charge on any atom is 0.322 e. The normalized spacial score (nSPS) is 10.2. The molecule has 0 unspecified atom stereocenters. The predicted molar refractivity (Wildman–Crippen MR) is 74.4 cm³/mol. The quantitative estimate of drug-likeness (QED) is 0.897. The highest BCUT2D eigenvalue weighted by Gasteiger charge is 2.10. The van der Waals surface area contributed by atoms with Crippen molar-refractivity contribution in [1.29, 1.82) is 0 Å². The maximum absolute atomic E-state index is 13.2. The zero-order valence-corrected chi connectivity index (χ0v) is 11.6. The molecule has 0 aliphatic carbocycles. The fraction of sp³-hybridized carbons (Fsp3) is 0.308.